The first-order valence-electron chi connectivity index (χ1n) is 6.93. The molecule has 116 valence electrons. The Morgan fingerprint density at radius 2 is 1.83 bits per heavy atom. The molecule has 0 aliphatic rings. The second-order valence-electron chi connectivity index (χ2n) is 4.72. The van der Waals surface area contributed by atoms with Crippen molar-refractivity contribution >= 4 is 40.3 Å². The zero-order valence-corrected chi connectivity index (χ0v) is 13.7. The van der Waals surface area contributed by atoms with E-state index in [2.05, 4.69) is 0 Å². The first kappa shape index (κ1) is 15.6. The van der Waals surface area contributed by atoms with Crippen molar-refractivity contribution in [1.29, 1.82) is 0 Å². The van der Waals surface area contributed by atoms with E-state index < -0.39 is 5.97 Å². The number of benzene rings is 1. The minimum atomic E-state index is -0.455. The summed E-state index contributed by atoms with van der Waals surface area (Å²) >= 11 is 3.01. The van der Waals surface area contributed by atoms with Crippen molar-refractivity contribution in [2.24, 2.45) is 0 Å². The average molecular weight is 344 g/mol. The Bertz CT molecular complexity index is 805. The first-order valence-corrected chi connectivity index (χ1v) is 8.69. The molecule has 0 atom stereocenters. The fraction of sp³-hybridized carbons (Fsp3) is 0.0556. The Labute approximate surface area is 141 Å². The van der Waals surface area contributed by atoms with Gasteiger partial charge in [-0.1, -0.05) is 30.3 Å². The van der Waals surface area contributed by atoms with Gasteiger partial charge in [-0.2, -0.15) is 0 Å². The molecule has 0 N–H and O–H groups in total. The highest BCUT2D eigenvalue weighted by molar-refractivity contribution is 7.12. The molecule has 23 heavy (non-hydrogen) atoms. The van der Waals surface area contributed by atoms with Crippen molar-refractivity contribution < 1.29 is 13.9 Å². The predicted octanol–water partition coefficient (Wildman–Crippen LogP) is 5.23. The molecule has 5 heteroatoms. The summed E-state index contributed by atoms with van der Waals surface area (Å²) in [7, 11) is 0. The fourth-order valence-electron chi connectivity index (χ4n) is 2.01. The Balaban J connectivity index is 1.80. The van der Waals surface area contributed by atoms with Crippen LogP contribution >= 0.6 is 22.7 Å². The third-order valence-corrected chi connectivity index (χ3v) is 4.88. The molecule has 2 heterocycles. The second-order valence-corrected chi connectivity index (χ2v) is 6.65. The number of esters is 1. The maximum absolute atomic E-state index is 13.6. The number of hydrogen-bond donors (Lipinski definition) is 0. The third-order valence-electron chi connectivity index (χ3n) is 3.15. The predicted molar refractivity (Wildman–Crippen MR) is 92.7 cm³/mol. The van der Waals surface area contributed by atoms with Gasteiger partial charge in [0.1, 0.15) is 12.4 Å². The molecular formula is C18H13FO2S2. The Morgan fingerprint density at radius 1 is 1.04 bits per heavy atom. The van der Waals surface area contributed by atoms with Crippen LogP contribution in [0, 0.1) is 5.82 Å². The van der Waals surface area contributed by atoms with E-state index in [4.69, 9.17) is 4.74 Å². The molecule has 0 spiro atoms. The normalized spacial score (nSPS) is 11.4. The molecule has 0 radical (unpaired) electrons. The summed E-state index contributed by atoms with van der Waals surface area (Å²) in [5, 5.41) is 3.85. The number of carbonyl (C=O) groups excluding carboxylic acids is 1. The Kier molecular flexibility index (Phi) is 5.00. The van der Waals surface area contributed by atoms with Gasteiger partial charge in [0.05, 0.1) is 5.57 Å². The summed E-state index contributed by atoms with van der Waals surface area (Å²) in [6.07, 6.45) is 1.81. The summed E-state index contributed by atoms with van der Waals surface area (Å²) in [4.78, 5) is 14.3. The molecule has 3 aromatic rings. The van der Waals surface area contributed by atoms with E-state index >= 15 is 0 Å². The zero-order valence-electron chi connectivity index (χ0n) is 12.1. The molecule has 0 fully saturated rings. The largest absolute Gasteiger partial charge is 0.457 e. The smallest absolute Gasteiger partial charge is 0.339 e. The van der Waals surface area contributed by atoms with Gasteiger partial charge in [-0.15, -0.1) is 22.7 Å². The lowest BCUT2D eigenvalue weighted by atomic mass is 10.2. The molecule has 0 aliphatic carbocycles. The van der Waals surface area contributed by atoms with Gasteiger partial charge in [0.25, 0.3) is 0 Å². The van der Waals surface area contributed by atoms with Crippen molar-refractivity contribution in [3.63, 3.8) is 0 Å². The number of thiophene rings is 2. The van der Waals surface area contributed by atoms with Crippen LogP contribution in [-0.4, -0.2) is 5.97 Å². The standard InChI is InChI=1S/C18H13FO2S2/c19-16-7-2-1-5-13(16)12-21-18(20)15(17-8-4-10-23-17)11-14-6-3-9-22-14/h1-11H,12H2/b15-11+. The van der Waals surface area contributed by atoms with E-state index in [9.17, 15) is 9.18 Å². The molecule has 0 unspecified atom stereocenters. The quantitative estimate of drug-likeness (QED) is 0.468. The summed E-state index contributed by atoms with van der Waals surface area (Å²) in [6, 6.07) is 13.9. The van der Waals surface area contributed by atoms with Crippen LogP contribution in [0.25, 0.3) is 11.6 Å². The van der Waals surface area contributed by atoms with Crippen LogP contribution in [0.2, 0.25) is 0 Å². The maximum atomic E-state index is 13.6. The van der Waals surface area contributed by atoms with Crippen LogP contribution < -0.4 is 0 Å². The van der Waals surface area contributed by atoms with Gasteiger partial charge < -0.3 is 4.74 Å². The number of rotatable bonds is 5. The lowest BCUT2D eigenvalue weighted by molar-refractivity contribution is -0.137. The van der Waals surface area contributed by atoms with Gasteiger partial charge in [0.15, 0.2) is 0 Å². The topological polar surface area (TPSA) is 26.3 Å². The van der Waals surface area contributed by atoms with Gasteiger partial charge in [0.2, 0.25) is 0 Å². The van der Waals surface area contributed by atoms with Crippen LogP contribution in [-0.2, 0) is 16.1 Å². The highest BCUT2D eigenvalue weighted by Gasteiger charge is 2.16. The van der Waals surface area contributed by atoms with Crippen molar-refractivity contribution in [3.8, 4) is 0 Å². The van der Waals surface area contributed by atoms with E-state index in [1.807, 2.05) is 35.0 Å². The molecule has 1 aromatic carbocycles. The van der Waals surface area contributed by atoms with Crippen LogP contribution in [0.15, 0.2) is 59.3 Å². The molecule has 0 amide bonds. The van der Waals surface area contributed by atoms with Gasteiger partial charge in [-0.3, -0.25) is 0 Å². The van der Waals surface area contributed by atoms with Crippen molar-refractivity contribution in [1.82, 2.24) is 0 Å². The van der Waals surface area contributed by atoms with Gasteiger partial charge in [-0.05, 0) is 35.0 Å². The number of carbonyl (C=O) groups is 1. The summed E-state index contributed by atoms with van der Waals surface area (Å²) in [5.41, 5.74) is 0.848. The van der Waals surface area contributed by atoms with Crippen molar-refractivity contribution in [2.45, 2.75) is 6.61 Å². The molecule has 2 nitrogen and oxygen atoms in total. The minimum Gasteiger partial charge on any atom is -0.457 e. The summed E-state index contributed by atoms with van der Waals surface area (Å²) in [6.45, 7) is -0.0847. The van der Waals surface area contributed by atoms with Crippen molar-refractivity contribution in [2.75, 3.05) is 0 Å². The summed E-state index contributed by atoms with van der Waals surface area (Å²) < 4.78 is 18.9. The van der Waals surface area contributed by atoms with Crippen LogP contribution in [0.5, 0.6) is 0 Å². The third kappa shape index (κ3) is 3.94. The average Bonchev–Trinajstić information content (AvgIpc) is 3.25. The highest BCUT2D eigenvalue weighted by Crippen LogP contribution is 2.26. The molecule has 0 aliphatic heterocycles. The van der Waals surface area contributed by atoms with Crippen LogP contribution in [0.4, 0.5) is 4.39 Å². The van der Waals surface area contributed by atoms with Gasteiger partial charge in [-0.25, -0.2) is 9.18 Å². The summed E-state index contributed by atoms with van der Waals surface area (Å²) in [5.74, 6) is -0.829. The van der Waals surface area contributed by atoms with Crippen LogP contribution in [0.3, 0.4) is 0 Å². The van der Waals surface area contributed by atoms with Gasteiger partial charge >= 0.3 is 5.97 Å². The minimum absolute atomic E-state index is 0.0847. The SMILES string of the molecule is O=C(OCc1ccccc1F)/C(=C/c1cccs1)c1cccs1. The van der Waals surface area contributed by atoms with E-state index in [1.165, 1.54) is 17.4 Å². The molecule has 3 rings (SSSR count). The molecule has 0 bridgehead atoms. The number of hydrogen-bond acceptors (Lipinski definition) is 4. The molecule has 2 aromatic heterocycles. The zero-order chi connectivity index (χ0) is 16.1. The Morgan fingerprint density at radius 3 is 2.52 bits per heavy atom. The van der Waals surface area contributed by atoms with E-state index in [0.29, 0.717) is 11.1 Å². The first-order chi connectivity index (χ1) is 11.2. The lowest BCUT2D eigenvalue weighted by Crippen LogP contribution is -2.07. The van der Waals surface area contributed by atoms with E-state index in [-0.39, 0.29) is 12.4 Å². The van der Waals surface area contributed by atoms with E-state index in [0.717, 1.165) is 9.75 Å². The number of halogens is 1. The molecular weight excluding hydrogens is 331 g/mol. The van der Waals surface area contributed by atoms with Gasteiger partial charge in [0, 0.05) is 15.3 Å². The molecule has 0 saturated heterocycles. The highest BCUT2D eigenvalue weighted by atomic mass is 32.1. The van der Waals surface area contributed by atoms with Crippen LogP contribution in [0.1, 0.15) is 15.3 Å². The second kappa shape index (κ2) is 7.35. The maximum Gasteiger partial charge on any atom is 0.339 e. The lowest BCUT2D eigenvalue weighted by Gasteiger charge is -2.08. The van der Waals surface area contributed by atoms with E-state index in [1.54, 1.807) is 35.6 Å². The number of ether oxygens (including phenoxy) is 1. The van der Waals surface area contributed by atoms with Crippen molar-refractivity contribution in [3.05, 3.63) is 80.4 Å². The Hall–Kier alpha value is -2.24. The molecule has 0 saturated carbocycles. The fourth-order valence-corrected chi connectivity index (χ4v) is 3.40. The monoisotopic (exact) mass is 344 g/mol.